The molecule has 0 saturated carbocycles. The Hall–Kier alpha value is 0.130. The molecule has 0 aliphatic carbocycles. The highest BCUT2D eigenvalue weighted by Gasteiger charge is 2.56. The topological polar surface area (TPSA) is 41.6 Å². The van der Waals surface area contributed by atoms with E-state index in [1.165, 1.54) is 0 Å². The number of halogens is 2. The minimum Gasteiger partial charge on any atom is -0.297 e. The van der Waals surface area contributed by atoms with Crippen LogP contribution in [0.3, 0.4) is 0 Å². The summed E-state index contributed by atoms with van der Waals surface area (Å²) >= 11 is 11.6. The quantitative estimate of drug-likeness (QED) is 0.810. The van der Waals surface area contributed by atoms with Crippen LogP contribution in [-0.2, 0) is 9.63 Å². The molecule has 0 radical (unpaired) electrons. The van der Waals surface area contributed by atoms with E-state index in [1.54, 1.807) is 5.06 Å². The Morgan fingerprint density at radius 1 is 1.56 bits per heavy atom. The summed E-state index contributed by atoms with van der Waals surface area (Å²) in [5, 5.41) is 5.26. The minimum absolute atomic E-state index is 0.169. The van der Waals surface area contributed by atoms with Crippen molar-refractivity contribution in [1.82, 2.24) is 10.4 Å². The fourth-order valence-electron chi connectivity index (χ4n) is 2.79. The van der Waals surface area contributed by atoms with E-state index >= 15 is 0 Å². The van der Waals surface area contributed by atoms with E-state index in [1.807, 2.05) is 6.92 Å². The fourth-order valence-corrected chi connectivity index (χ4v) is 3.03. The van der Waals surface area contributed by atoms with Crippen LogP contribution in [0.1, 0.15) is 33.6 Å². The smallest absolute Gasteiger partial charge is 0.185 e. The van der Waals surface area contributed by atoms with Crippen molar-refractivity contribution in [1.29, 1.82) is 0 Å². The maximum absolute atomic E-state index is 12.3. The Morgan fingerprint density at radius 3 is 2.78 bits per heavy atom. The number of carbonyl (C=O) groups excluding carboxylic acids is 1. The molecule has 3 unspecified atom stereocenters. The molecule has 2 fully saturated rings. The third-order valence-corrected chi connectivity index (χ3v) is 4.80. The highest BCUT2D eigenvalue weighted by molar-refractivity contribution is 6.54. The summed E-state index contributed by atoms with van der Waals surface area (Å²) in [6.45, 7) is 7.56. The SMILES string of the molecule is CCC1(C)CNC2(C)CCON2C1C(=O)C(Cl)Cl. The molecule has 0 aromatic rings. The first-order chi connectivity index (χ1) is 8.34. The number of carbonyl (C=O) groups is 1. The van der Waals surface area contributed by atoms with Crippen molar-refractivity contribution in [3.05, 3.63) is 0 Å². The lowest BCUT2D eigenvalue weighted by molar-refractivity contribution is -0.236. The van der Waals surface area contributed by atoms with Crippen molar-refractivity contribution in [3.63, 3.8) is 0 Å². The molecule has 2 rings (SSSR count). The Kier molecular flexibility index (Phi) is 3.96. The van der Waals surface area contributed by atoms with E-state index in [-0.39, 0.29) is 16.9 Å². The van der Waals surface area contributed by atoms with E-state index in [4.69, 9.17) is 28.0 Å². The van der Waals surface area contributed by atoms with Gasteiger partial charge >= 0.3 is 0 Å². The Morgan fingerprint density at radius 2 is 2.22 bits per heavy atom. The molecular formula is C12H20Cl2N2O2. The molecule has 104 valence electrons. The number of nitrogens with zero attached hydrogens (tertiary/aromatic N) is 1. The highest BCUT2D eigenvalue weighted by atomic mass is 35.5. The maximum atomic E-state index is 12.3. The molecule has 3 atom stereocenters. The lowest BCUT2D eigenvalue weighted by Gasteiger charge is -2.52. The number of ketones is 1. The number of hydrogen-bond acceptors (Lipinski definition) is 4. The molecule has 1 N–H and O–H groups in total. The van der Waals surface area contributed by atoms with Gasteiger partial charge in [0.1, 0.15) is 6.04 Å². The van der Waals surface area contributed by atoms with Crippen LogP contribution in [0.5, 0.6) is 0 Å². The number of hydroxylamine groups is 2. The van der Waals surface area contributed by atoms with Crippen LogP contribution >= 0.6 is 23.2 Å². The Labute approximate surface area is 118 Å². The maximum Gasteiger partial charge on any atom is 0.185 e. The predicted octanol–water partition coefficient (Wildman–Crippen LogP) is 2.10. The second-order valence-electron chi connectivity index (χ2n) is 5.65. The van der Waals surface area contributed by atoms with Crippen molar-refractivity contribution < 1.29 is 9.63 Å². The molecule has 0 amide bonds. The molecule has 2 aliphatic heterocycles. The van der Waals surface area contributed by atoms with Gasteiger partial charge in [0.15, 0.2) is 10.6 Å². The number of hydrogen-bond donors (Lipinski definition) is 1. The predicted molar refractivity (Wildman–Crippen MR) is 71.5 cm³/mol. The average molecular weight is 295 g/mol. The zero-order chi connectivity index (χ0) is 13.6. The van der Waals surface area contributed by atoms with Crippen LogP contribution in [0.25, 0.3) is 0 Å². The third-order valence-electron chi connectivity index (χ3n) is 4.37. The summed E-state index contributed by atoms with van der Waals surface area (Å²) in [7, 11) is 0. The van der Waals surface area contributed by atoms with Crippen LogP contribution < -0.4 is 5.32 Å². The van der Waals surface area contributed by atoms with Gasteiger partial charge in [-0.1, -0.05) is 37.0 Å². The summed E-state index contributed by atoms with van der Waals surface area (Å²) < 4.78 is 0. The van der Waals surface area contributed by atoms with E-state index in [0.29, 0.717) is 6.61 Å². The normalized spacial score (nSPS) is 41.1. The van der Waals surface area contributed by atoms with E-state index in [0.717, 1.165) is 19.4 Å². The molecule has 0 spiro atoms. The minimum atomic E-state index is -1.01. The number of rotatable bonds is 3. The van der Waals surface area contributed by atoms with Crippen LogP contribution in [0.15, 0.2) is 0 Å². The molecule has 2 heterocycles. The van der Waals surface area contributed by atoms with Gasteiger partial charge in [0.05, 0.1) is 12.3 Å². The molecule has 0 bridgehead atoms. The number of fused-ring (bicyclic) bond motifs is 1. The zero-order valence-electron chi connectivity index (χ0n) is 11.0. The lowest BCUT2D eigenvalue weighted by Crippen LogP contribution is -2.70. The summed E-state index contributed by atoms with van der Waals surface area (Å²) in [5.74, 6) is -0.169. The van der Waals surface area contributed by atoms with Crippen molar-refractivity contribution in [2.75, 3.05) is 13.2 Å². The second kappa shape index (κ2) is 4.91. The van der Waals surface area contributed by atoms with Gasteiger partial charge < -0.3 is 0 Å². The Balaban J connectivity index is 2.36. The molecule has 4 nitrogen and oxygen atoms in total. The summed E-state index contributed by atoms with van der Waals surface area (Å²) in [5.41, 5.74) is -0.513. The van der Waals surface area contributed by atoms with Gasteiger partial charge in [-0.2, -0.15) is 5.06 Å². The van der Waals surface area contributed by atoms with Crippen LogP contribution in [0.2, 0.25) is 0 Å². The van der Waals surface area contributed by atoms with E-state index in [2.05, 4.69) is 19.2 Å². The number of nitrogens with one attached hydrogen (secondary N) is 1. The monoisotopic (exact) mass is 294 g/mol. The largest absolute Gasteiger partial charge is 0.297 e. The summed E-state index contributed by atoms with van der Waals surface area (Å²) in [6.07, 6.45) is 1.71. The number of Topliss-reactive ketones (excluding diaryl/α,β-unsaturated/α-hetero) is 1. The van der Waals surface area contributed by atoms with Crippen molar-refractivity contribution in [2.45, 2.75) is 50.2 Å². The first-order valence-corrected chi connectivity index (χ1v) is 7.20. The molecular weight excluding hydrogens is 275 g/mol. The van der Waals surface area contributed by atoms with Gasteiger partial charge in [0.25, 0.3) is 0 Å². The van der Waals surface area contributed by atoms with Gasteiger partial charge in [0.2, 0.25) is 0 Å². The number of alkyl halides is 2. The van der Waals surface area contributed by atoms with Crippen molar-refractivity contribution >= 4 is 29.0 Å². The van der Waals surface area contributed by atoms with Gasteiger partial charge in [-0.3, -0.25) is 14.9 Å². The van der Waals surface area contributed by atoms with Gasteiger partial charge in [0, 0.05) is 18.4 Å². The standard InChI is InChI=1S/C12H20Cl2N2O2/c1-4-11(2)7-15-12(3)5-6-18-16(12)9(11)8(17)10(13)14/h9-10,15H,4-7H2,1-3H3. The van der Waals surface area contributed by atoms with E-state index in [9.17, 15) is 4.79 Å². The van der Waals surface area contributed by atoms with Crippen LogP contribution in [-0.4, -0.2) is 40.5 Å². The molecule has 6 heteroatoms. The van der Waals surface area contributed by atoms with Crippen molar-refractivity contribution in [3.8, 4) is 0 Å². The van der Waals surface area contributed by atoms with E-state index < -0.39 is 10.9 Å². The molecule has 0 aromatic heterocycles. The molecule has 0 aromatic carbocycles. The molecule has 2 aliphatic rings. The van der Waals surface area contributed by atoms with Crippen LogP contribution in [0, 0.1) is 5.41 Å². The second-order valence-corrected chi connectivity index (χ2v) is 6.75. The lowest BCUT2D eigenvalue weighted by atomic mass is 9.74. The van der Waals surface area contributed by atoms with Crippen molar-refractivity contribution in [2.24, 2.45) is 5.41 Å². The summed E-state index contributed by atoms with van der Waals surface area (Å²) in [4.78, 5) is 17.0. The highest BCUT2D eigenvalue weighted by Crippen LogP contribution is 2.42. The van der Waals surface area contributed by atoms with Gasteiger partial charge in [-0.15, -0.1) is 0 Å². The first kappa shape index (κ1) is 14.5. The fraction of sp³-hybridized carbons (Fsp3) is 0.917. The van der Waals surface area contributed by atoms with Gasteiger partial charge in [-0.05, 0) is 13.3 Å². The first-order valence-electron chi connectivity index (χ1n) is 6.33. The van der Waals surface area contributed by atoms with Crippen LogP contribution in [0.4, 0.5) is 0 Å². The zero-order valence-corrected chi connectivity index (χ0v) is 12.5. The molecule has 2 saturated heterocycles. The average Bonchev–Trinajstić information content (AvgIpc) is 2.70. The molecule has 18 heavy (non-hydrogen) atoms. The van der Waals surface area contributed by atoms with Gasteiger partial charge in [-0.25, -0.2) is 0 Å². The summed E-state index contributed by atoms with van der Waals surface area (Å²) in [6, 6.07) is -0.392. The third kappa shape index (κ3) is 2.18. The Bertz CT molecular complexity index is 353.